The van der Waals surface area contributed by atoms with E-state index in [-0.39, 0.29) is 5.92 Å². The van der Waals surface area contributed by atoms with Crippen LogP contribution in [0.3, 0.4) is 0 Å². The Hall–Kier alpha value is -4.75. The monoisotopic (exact) mass is 572 g/mol. The number of benzene rings is 4. The molecule has 2 aliphatic rings. The number of hydrogen-bond donors (Lipinski definition) is 0. The highest BCUT2D eigenvalue weighted by molar-refractivity contribution is 7.81. The highest BCUT2D eigenvalue weighted by Gasteiger charge is 2.65. The highest BCUT2D eigenvalue weighted by Crippen LogP contribution is 2.51. The Morgan fingerprint density at radius 2 is 1.29 bits per heavy atom. The van der Waals surface area contributed by atoms with Crippen molar-refractivity contribution in [2.24, 2.45) is 11.0 Å². The zero-order chi connectivity index (χ0) is 29.3. The van der Waals surface area contributed by atoms with Crippen molar-refractivity contribution in [2.45, 2.75) is 25.9 Å². The summed E-state index contributed by atoms with van der Waals surface area (Å²) in [6, 6.07) is 39.9. The number of para-hydroxylation sites is 3. The van der Waals surface area contributed by atoms with Gasteiger partial charge in [0, 0.05) is 22.6 Å². The van der Waals surface area contributed by atoms with Crippen molar-refractivity contribution in [3.05, 3.63) is 138 Å². The van der Waals surface area contributed by atoms with Gasteiger partial charge >= 0.3 is 5.97 Å². The molecule has 6 nitrogen and oxygen atoms in total. The topological polar surface area (TPSA) is 48.4 Å². The predicted octanol–water partition coefficient (Wildman–Crippen LogP) is 7.39. The third-order valence-corrected chi connectivity index (χ3v) is 7.96. The maximum atomic E-state index is 14.2. The number of nitrogens with zero attached hydrogens (tertiary/aromatic N) is 4. The molecule has 7 heteroatoms. The minimum absolute atomic E-state index is 0.232. The predicted molar refractivity (Wildman–Crippen MR) is 174 cm³/mol. The largest absolute Gasteiger partial charge is 0.465 e. The van der Waals surface area contributed by atoms with E-state index >= 15 is 0 Å². The van der Waals surface area contributed by atoms with Crippen molar-refractivity contribution < 1.29 is 9.53 Å². The third-order valence-electron chi connectivity index (χ3n) is 7.50. The van der Waals surface area contributed by atoms with Crippen LogP contribution in [0.5, 0.6) is 0 Å². The second-order valence-electron chi connectivity index (χ2n) is 10.7. The Kier molecular flexibility index (Phi) is 7.35. The molecule has 1 atom stereocenters. The van der Waals surface area contributed by atoms with Gasteiger partial charge in [0.15, 0.2) is 5.84 Å². The minimum atomic E-state index is -1.34. The van der Waals surface area contributed by atoms with Crippen molar-refractivity contribution in [1.82, 2.24) is 0 Å². The average molecular weight is 573 g/mol. The summed E-state index contributed by atoms with van der Waals surface area (Å²) in [4.78, 5) is 18.9. The van der Waals surface area contributed by atoms with Crippen LogP contribution in [0.2, 0.25) is 0 Å². The van der Waals surface area contributed by atoms with Crippen molar-refractivity contribution in [3.63, 3.8) is 0 Å². The lowest BCUT2D eigenvalue weighted by Crippen LogP contribution is -2.64. The van der Waals surface area contributed by atoms with Crippen LogP contribution in [0.4, 0.5) is 17.1 Å². The molecule has 4 aromatic carbocycles. The molecule has 42 heavy (non-hydrogen) atoms. The molecule has 0 aromatic heterocycles. The lowest BCUT2D eigenvalue weighted by atomic mass is 9.93. The molecule has 0 amide bonds. The second-order valence-corrected chi connectivity index (χ2v) is 11.1. The molecule has 6 rings (SSSR count). The summed E-state index contributed by atoms with van der Waals surface area (Å²) in [5, 5.41) is 7.20. The highest BCUT2D eigenvalue weighted by atomic mass is 32.1. The van der Waals surface area contributed by atoms with Crippen LogP contribution in [-0.2, 0) is 9.53 Å². The van der Waals surface area contributed by atoms with Gasteiger partial charge in [-0.25, -0.2) is 9.80 Å². The molecule has 0 fully saturated rings. The molecule has 0 aliphatic carbocycles. The van der Waals surface area contributed by atoms with Crippen molar-refractivity contribution in [3.8, 4) is 0 Å². The summed E-state index contributed by atoms with van der Waals surface area (Å²) in [7, 11) is 1.43. The number of carbonyl (C=O) groups excluding carboxylic acids is 1. The van der Waals surface area contributed by atoms with E-state index in [0.29, 0.717) is 22.8 Å². The maximum absolute atomic E-state index is 14.2. The van der Waals surface area contributed by atoms with Gasteiger partial charge in [-0.05, 0) is 48.7 Å². The summed E-state index contributed by atoms with van der Waals surface area (Å²) >= 11 is 6.55. The van der Waals surface area contributed by atoms with Crippen LogP contribution in [0.25, 0.3) is 0 Å². The van der Waals surface area contributed by atoms with Crippen LogP contribution in [-0.4, -0.2) is 29.6 Å². The molecule has 0 N–H and O–H groups in total. The molecule has 0 saturated heterocycles. The SMILES string of the molecule is COC(=O)C1=C(CC(C)C)N(c2ccccc2)C(=S)C12N(c1ccccc1)N=C(c1ccccc1)N2c1ccccc1. The fraction of sp³-hybridized carbons (Fsp3) is 0.171. The normalized spacial score (nSPS) is 18.3. The first kappa shape index (κ1) is 27.4. The van der Waals surface area contributed by atoms with Crippen LogP contribution >= 0.6 is 12.2 Å². The maximum Gasteiger partial charge on any atom is 0.340 e. The molecular weight excluding hydrogens is 540 g/mol. The molecule has 2 aliphatic heterocycles. The Labute approximate surface area is 252 Å². The van der Waals surface area contributed by atoms with Gasteiger partial charge in [-0.15, -0.1) is 0 Å². The lowest BCUT2D eigenvalue weighted by molar-refractivity contribution is -0.136. The summed E-state index contributed by atoms with van der Waals surface area (Å²) in [6.45, 7) is 4.28. The standard InChI is InChI=1S/C35H32N4O2S/c1-25(2)24-30-31(33(40)41-3)35(34(42)37(30)27-18-10-5-11-19-27)38(28-20-12-6-13-21-28)32(26-16-8-4-9-17-26)36-39(35)29-22-14-7-15-23-29/h4-23,25H,24H2,1-3H3. The summed E-state index contributed by atoms with van der Waals surface area (Å²) in [6.07, 6.45) is 0.604. The fourth-order valence-electron chi connectivity index (χ4n) is 5.83. The first-order valence-electron chi connectivity index (χ1n) is 14.0. The number of rotatable bonds is 7. The smallest absolute Gasteiger partial charge is 0.340 e. The number of anilines is 3. The molecule has 0 radical (unpaired) electrons. The van der Waals surface area contributed by atoms with Gasteiger partial charge in [0.2, 0.25) is 5.66 Å². The Morgan fingerprint density at radius 3 is 1.81 bits per heavy atom. The van der Waals surface area contributed by atoms with Gasteiger partial charge in [0.25, 0.3) is 0 Å². The molecule has 1 unspecified atom stereocenters. The van der Waals surface area contributed by atoms with Gasteiger partial charge in [0.1, 0.15) is 10.6 Å². The van der Waals surface area contributed by atoms with E-state index in [9.17, 15) is 4.79 Å². The van der Waals surface area contributed by atoms with Crippen molar-refractivity contribution >= 4 is 46.1 Å². The number of hydrogen-bond acceptors (Lipinski definition) is 6. The molecule has 210 valence electrons. The summed E-state index contributed by atoms with van der Waals surface area (Å²) in [5.74, 6) is 0.459. The number of allylic oxidation sites excluding steroid dienone is 1. The van der Waals surface area contributed by atoms with E-state index in [1.807, 2.05) is 126 Å². The molecular formula is C35H32N4O2S. The van der Waals surface area contributed by atoms with E-state index in [1.165, 1.54) is 7.11 Å². The lowest BCUT2D eigenvalue weighted by Gasteiger charge is -2.43. The second kappa shape index (κ2) is 11.3. The quantitative estimate of drug-likeness (QED) is 0.170. The van der Waals surface area contributed by atoms with Gasteiger partial charge < -0.3 is 9.64 Å². The number of ether oxygens (including phenoxy) is 1. The van der Waals surface area contributed by atoms with Crippen molar-refractivity contribution in [2.75, 3.05) is 21.9 Å². The molecule has 2 heterocycles. The number of thiocarbonyl (C=S) groups is 1. The van der Waals surface area contributed by atoms with E-state index in [0.717, 1.165) is 28.3 Å². The van der Waals surface area contributed by atoms with Crippen LogP contribution < -0.4 is 14.8 Å². The Bertz CT molecular complexity index is 1660. The zero-order valence-corrected chi connectivity index (χ0v) is 24.7. The van der Waals surface area contributed by atoms with E-state index < -0.39 is 11.6 Å². The Morgan fingerprint density at radius 1 is 0.786 bits per heavy atom. The van der Waals surface area contributed by atoms with E-state index in [4.69, 9.17) is 22.1 Å². The first-order chi connectivity index (χ1) is 20.5. The molecule has 0 saturated carbocycles. The van der Waals surface area contributed by atoms with Gasteiger partial charge in [-0.2, -0.15) is 5.10 Å². The average Bonchev–Trinajstić information content (AvgIpc) is 3.50. The number of esters is 1. The number of carbonyl (C=O) groups is 1. The van der Waals surface area contributed by atoms with Crippen LogP contribution in [0, 0.1) is 5.92 Å². The summed E-state index contributed by atoms with van der Waals surface area (Å²) < 4.78 is 5.59. The van der Waals surface area contributed by atoms with Gasteiger partial charge in [-0.1, -0.05) is 111 Å². The molecule has 4 aromatic rings. The van der Waals surface area contributed by atoms with Crippen molar-refractivity contribution in [1.29, 1.82) is 0 Å². The molecule has 0 bridgehead atoms. The summed E-state index contributed by atoms with van der Waals surface area (Å²) in [5.41, 5.74) is 3.35. The Balaban J connectivity index is 1.74. The zero-order valence-electron chi connectivity index (χ0n) is 23.8. The first-order valence-corrected chi connectivity index (χ1v) is 14.5. The van der Waals surface area contributed by atoms with Crippen LogP contribution in [0.15, 0.2) is 138 Å². The van der Waals surface area contributed by atoms with Gasteiger partial charge in [0.05, 0.1) is 12.8 Å². The fourth-order valence-corrected chi connectivity index (χ4v) is 6.32. The third kappa shape index (κ3) is 4.37. The minimum Gasteiger partial charge on any atom is -0.465 e. The van der Waals surface area contributed by atoms with Crippen LogP contribution in [0.1, 0.15) is 25.8 Å². The number of hydrazone groups is 1. The number of methoxy groups -OCH3 is 1. The van der Waals surface area contributed by atoms with Gasteiger partial charge in [-0.3, -0.25) is 4.90 Å². The molecule has 1 spiro atoms. The van der Waals surface area contributed by atoms with E-state index in [1.54, 1.807) is 0 Å². The van der Waals surface area contributed by atoms with E-state index in [2.05, 4.69) is 23.6 Å². The number of amidine groups is 1.